The first-order valence-electron chi connectivity index (χ1n) is 9.89. The van der Waals surface area contributed by atoms with Crippen LogP contribution in [0, 0.1) is 23.7 Å². The van der Waals surface area contributed by atoms with E-state index in [1.807, 2.05) is 4.90 Å². The molecule has 2 bridgehead atoms. The highest BCUT2D eigenvalue weighted by Gasteiger charge is 2.59. The van der Waals surface area contributed by atoms with Gasteiger partial charge in [0.1, 0.15) is 0 Å². The van der Waals surface area contributed by atoms with E-state index in [-0.39, 0.29) is 54.4 Å². The molecule has 1 saturated carbocycles. The van der Waals surface area contributed by atoms with Gasteiger partial charge in [0.15, 0.2) is 0 Å². The summed E-state index contributed by atoms with van der Waals surface area (Å²) in [5.41, 5.74) is 0. The zero-order chi connectivity index (χ0) is 18.0. The van der Waals surface area contributed by atoms with Crippen molar-refractivity contribution in [2.45, 2.75) is 52.4 Å². The second-order valence-corrected chi connectivity index (χ2v) is 7.67. The van der Waals surface area contributed by atoms with Gasteiger partial charge >= 0.3 is 0 Å². The number of likely N-dealkylation sites (tertiary alicyclic amines) is 1. The molecular formula is C20H30N2O3. The Morgan fingerprint density at radius 3 is 2.04 bits per heavy atom. The van der Waals surface area contributed by atoms with E-state index in [0.29, 0.717) is 0 Å². The number of unbranched alkanes of at least 4 members (excludes halogenated alkanes) is 2. The summed E-state index contributed by atoms with van der Waals surface area (Å²) >= 11 is 0. The van der Waals surface area contributed by atoms with Crippen molar-refractivity contribution < 1.29 is 14.4 Å². The number of fused-ring (bicyclic) bond motifs is 5. The van der Waals surface area contributed by atoms with Gasteiger partial charge in [-0.15, -0.1) is 0 Å². The number of hydrogen-bond acceptors (Lipinski definition) is 3. The number of amides is 3. The summed E-state index contributed by atoms with van der Waals surface area (Å²) in [6.45, 7) is 6.03. The molecule has 1 heterocycles. The molecule has 4 atom stereocenters. The molecule has 0 radical (unpaired) electrons. The lowest BCUT2D eigenvalue weighted by atomic mass is 9.85. The molecule has 4 unspecified atom stereocenters. The Kier molecular flexibility index (Phi) is 5.60. The summed E-state index contributed by atoms with van der Waals surface area (Å²) in [6, 6.07) is 0. The molecule has 0 spiro atoms. The Bertz CT molecular complexity index is 533. The number of imide groups is 1. The van der Waals surface area contributed by atoms with Crippen molar-refractivity contribution in [3.8, 4) is 0 Å². The zero-order valence-electron chi connectivity index (χ0n) is 15.4. The minimum absolute atomic E-state index is 0.0479. The summed E-state index contributed by atoms with van der Waals surface area (Å²) < 4.78 is 0. The maximum absolute atomic E-state index is 12.7. The minimum Gasteiger partial charge on any atom is -0.343 e. The van der Waals surface area contributed by atoms with Crippen molar-refractivity contribution in [2.24, 2.45) is 23.7 Å². The van der Waals surface area contributed by atoms with Crippen LogP contribution >= 0.6 is 0 Å². The van der Waals surface area contributed by atoms with E-state index in [4.69, 9.17) is 0 Å². The average molecular weight is 346 g/mol. The first-order valence-corrected chi connectivity index (χ1v) is 9.89. The number of nitrogens with zero attached hydrogens (tertiary/aromatic N) is 2. The van der Waals surface area contributed by atoms with E-state index in [1.54, 1.807) is 0 Å². The van der Waals surface area contributed by atoms with Gasteiger partial charge in [-0.05, 0) is 31.1 Å². The Labute approximate surface area is 150 Å². The molecular weight excluding hydrogens is 316 g/mol. The first-order chi connectivity index (χ1) is 12.1. The van der Waals surface area contributed by atoms with Gasteiger partial charge in [0, 0.05) is 26.1 Å². The first kappa shape index (κ1) is 18.2. The topological polar surface area (TPSA) is 57.7 Å². The molecule has 2 aliphatic carbocycles. The van der Waals surface area contributed by atoms with Gasteiger partial charge in [-0.3, -0.25) is 19.3 Å². The molecule has 3 rings (SSSR count). The molecule has 1 aliphatic heterocycles. The number of carbonyl (C=O) groups excluding carboxylic acids is 3. The SMILES string of the molecule is CCCCN(CCCC)C(=O)CCN1C(=O)C2C3C=CC(C3)C2C1=O. The molecule has 5 heteroatoms. The van der Waals surface area contributed by atoms with Crippen molar-refractivity contribution in [2.75, 3.05) is 19.6 Å². The molecule has 3 aliphatic rings. The lowest BCUT2D eigenvalue weighted by Crippen LogP contribution is -2.39. The van der Waals surface area contributed by atoms with Crippen LogP contribution in [-0.2, 0) is 14.4 Å². The van der Waals surface area contributed by atoms with Crippen LogP contribution in [0.5, 0.6) is 0 Å². The highest BCUT2D eigenvalue weighted by atomic mass is 16.2. The third-order valence-corrected chi connectivity index (χ3v) is 6.03. The lowest BCUT2D eigenvalue weighted by Gasteiger charge is -2.24. The van der Waals surface area contributed by atoms with E-state index in [1.165, 1.54) is 4.90 Å². The quantitative estimate of drug-likeness (QED) is 0.476. The van der Waals surface area contributed by atoms with Crippen molar-refractivity contribution in [1.29, 1.82) is 0 Å². The smallest absolute Gasteiger partial charge is 0.233 e. The fourth-order valence-electron chi connectivity index (χ4n) is 4.61. The average Bonchev–Trinajstić information content (AvgIpc) is 3.28. The molecule has 0 aromatic rings. The van der Waals surface area contributed by atoms with Crippen molar-refractivity contribution >= 4 is 17.7 Å². The van der Waals surface area contributed by atoms with Gasteiger partial charge in [-0.25, -0.2) is 0 Å². The molecule has 0 aromatic carbocycles. The van der Waals surface area contributed by atoms with Crippen LogP contribution in [-0.4, -0.2) is 47.2 Å². The molecule has 0 aromatic heterocycles. The normalized spacial score (nSPS) is 29.6. The van der Waals surface area contributed by atoms with E-state index in [0.717, 1.165) is 45.2 Å². The van der Waals surface area contributed by atoms with Crippen LogP contribution in [0.3, 0.4) is 0 Å². The van der Waals surface area contributed by atoms with Gasteiger partial charge in [0.05, 0.1) is 11.8 Å². The zero-order valence-corrected chi connectivity index (χ0v) is 15.4. The number of allylic oxidation sites excluding steroid dienone is 2. The summed E-state index contributed by atoms with van der Waals surface area (Å²) in [4.78, 5) is 41.2. The molecule has 25 heavy (non-hydrogen) atoms. The van der Waals surface area contributed by atoms with Crippen molar-refractivity contribution in [3.63, 3.8) is 0 Å². The number of rotatable bonds is 9. The van der Waals surface area contributed by atoms with Crippen LogP contribution in [0.15, 0.2) is 12.2 Å². The summed E-state index contributed by atoms with van der Waals surface area (Å²) in [7, 11) is 0. The standard InChI is InChI=1S/C20H30N2O3/c1-3-5-10-21(11-6-4-2)16(23)9-12-22-19(24)17-14-7-8-15(13-14)18(17)20(22)25/h7-8,14-15,17-18H,3-6,9-13H2,1-2H3. The van der Waals surface area contributed by atoms with Gasteiger partial charge < -0.3 is 4.90 Å². The van der Waals surface area contributed by atoms with Crippen molar-refractivity contribution in [3.05, 3.63) is 12.2 Å². The molecule has 2 fully saturated rings. The minimum atomic E-state index is -0.158. The molecule has 1 saturated heterocycles. The Morgan fingerprint density at radius 2 is 1.56 bits per heavy atom. The molecule has 3 amide bonds. The van der Waals surface area contributed by atoms with E-state index < -0.39 is 0 Å². The maximum atomic E-state index is 12.7. The van der Waals surface area contributed by atoms with Gasteiger partial charge in [-0.2, -0.15) is 0 Å². The van der Waals surface area contributed by atoms with E-state index in [9.17, 15) is 14.4 Å². The van der Waals surface area contributed by atoms with Crippen LogP contribution in [0.1, 0.15) is 52.4 Å². The van der Waals surface area contributed by atoms with Gasteiger partial charge in [-0.1, -0.05) is 38.8 Å². The maximum Gasteiger partial charge on any atom is 0.233 e. The molecule has 138 valence electrons. The van der Waals surface area contributed by atoms with Crippen LogP contribution in [0.25, 0.3) is 0 Å². The van der Waals surface area contributed by atoms with Gasteiger partial charge in [0.25, 0.3) is 0 Å². The second kappa shape index (κ2) is 7.71. The summed E-state index contributed by atoms with van der Waals surface area (Å²) in [5, 5.41) is 0. The molecule has 5 nitrogen and oxygen atoms in total. The van der Waals surface area contributed by atoms with Crippen LogP contribution < -0.4 is 0 Å². The highest BCUT2D eigenvalue weighted by molar-refractivity contribution is 6.06. The van der Waals surface area contributed by atoms with Crippen molar-refractivity contribution in [1.82, 2.24) is 9.80 Å². The molecule has 0 N–H and O–H groups in total. The highest BCUT2D eigenvalue weighted by Crippen LogP contribution is 2.52. The third-order valence-electron chi connectivity index (χ3n) is 6.03. The largest absolute Gasteiger partial charge is 0.343 e. The summed E-state index contributed by atoms with van der Waals surface area (Å²) in [6.07, 6.45) is 9.50. The summed E-state index contributed by atoms with van der Waals surface area (Å²) in [5.74, 6) is 0.126. The Morgan fingerprint density at radius 1 is 1.04 bits per heavy atom. The number of carbonyl (C=O) groups is 3. The van der Waals surface area contributed by atoms with Crippen LogP contribution in [0.2, 0.25) is 0 Å². The Balaban J connectivity index is 1.56. The lowest BCUT2D eigenvalue weighted by molar-refractivity contribution is -0.141. The monoisotopic (exact) mass is 346 g/mol. The predicted molar refractivity (Wildman–Crippen MR) is 95.5 cm³/mol. The van der Waals surface area contributed by atoms with Crippen LogP contribution in [0.4, 0.5) is 0 Å². The second-order valence-electron chi connectivity index (χ2n) is 7.67. The predicted octanol–water partition coefficient (Wildman–Crippen LogP) is 2.61. The van der Waals surface area contributed by atoms with E-state index >= 15 is 0 Å². The Hall–Kier alpha value is -1.65. The fraction of sp³-hybridized carbons (Fsp3) is 0.750. The fourth-order valence-corrected chi connectivity index (χ4v) is 4.61. The van der Waals surface area contributed by atoms with Gasteiger partial charge in [0.2, 0.25) is 17.7 Å². The third kappa shape index (κ3) is 3.38. The van der Waals surface area contributed by atoms with E-state index in [2.05, 4.69) is 26.0 Å². The number of hydrogen-bond donors (Lipinski definition) is 0.